The number of aryl methyl sites for hydroxylation is 3. The standard InChI is InChI=1S/C22H27NO2/c1-5-6-13-25-20-10-8-7-9-19(20)11-12-21(24)23-22-17(3)14-16(2)15-18(22)4/h7-12,14-15H,5-6,13H2,1-4H3,(H,23,24). The molecule has 0 aliphatic heterocycles. The van der Waals surface area contributed by atoms with Gasteiger partial charge in [0.2, 0.25) is 5.91 Å². The van der Waals surface area contributed by atoms with E-state index in [1.165, 1.54) is 5.56 Å². The molecule has 0 aromatic heterocycles. The Morgan fingerprint density at radius 1 is 1.12 bits per heavy atom. The monoisotopic (exact) mass is 337 g/mol. The lowest BCUT2D eigenvalue weighted by atomic mass is 10.1. The zero-order valence-corrected chi connectivity index (χ0v) is 15.6. The molecule has 3 nitrogen and oxygen atoms in total. The summed E-state index contributed by atoms with van der Waals surface area (Å²) < 4.78 is 5.80. The summed E-state index contributed by atoms with van der Waals surface area (Å²) in [6, 6.07) is 11.9. The third kappa shape index (κ3) is 5.49. The number of nitrogens with one attached hydrogen (secondary N) is 1. The van der Waals surface area contributed by atoms with E-state index in [2.05, 4.69) is 31.3 Å². The molecule has 0 saturated heterocycles. The Kier molecular flexibility index (Phi) is 6.81. The van der Waals surface area contributed by atoms with Crippen molar-refractivity contribution >= 4 is 17.7 Å². The van der Waals surface area contributed by atoms with E-state index in [-0.39, 0.29) is 5.91 Å². The van der Waals surface area contributed by atoms with Gasteiger partial charge in [-0.05, 0) is 50.5 Å². The van der Waals surface area contributed by atoms with Crippen LogP contribution in [-0.2, 0) is 4.79 Å². The molecular weight excluding hydrogens is 310 g/mol. The van der Waals surface area contributed by atoms with Gasteiger partial charge in [-0.15, -0.1) is 0 Å². The maximum atomic E-state index is 12.3. The molecule has 2 aromatic carbocycles. The van der Waals surface area contributed by atoms with E-state index in [0.717, 1.165) is 41.0 Å². The maximum absolute atomic E-state index is 12.3. The second-order valence-electron chi connectivity index (χ2n) is 6.34. The number of hydrogen-bond donors (Lipinski definition) is 1. The first kappa shape index (κ1) is 18.8. The molecule has 0 unspecified atom stereocenters. The van der Waals surface area contributed by atoms with Gasteiger partial charge in [-0.1, -0.05) is 49.2 Å². The lowest BCUT2D eigenvalue weighted by molar-refractivity contribution is -0.111. The molecular formula is C22H27NO2. The van der Waals surface area contributed by atoms with Gasteiger partial charge in [-0.2, -0.15) is 0 Å². The largest absolute Gasteiger partial charge is 0.493 e. The number of rotatable bonds is 7. The van der Waals surface area contributed by atoms with Crippen molar-refractivity contribution in [3.63, 3.8) is 0 Å². The summed E-state index contributed by atoms with van der Waals surface area (Å²) in [6.45, 7) is 8.90. The van der Waals surface area contributed by atoms with E-state index >= 15 is 0 Å². The Morgan fingerprint density at radius 3 is 2.48 bits per heavy atom. The van der Waals surface area contributed by atoms with Crippen molar-refractivity contribution in [3.8, 4) is 5.75 Å². The molecule has 2 rings (SSSR count). The summed E-state index contributed by atoms with van der Waals surface area (Å²) in [5, 5.41) is 2.98. The molecule has 132 valence electrons. The smallest absolute Gasteiger partial charge is 0.248 e. The van der Waals surface area contributed by atoms with Crippen LogP contribution < -0.4 is 10.1 Å². The number of amides is 1. The maximum Gasteiger partial charge on any atom is 0.248 e. The predicted molar refractivity (Wildman–Crippen MR) is 105 cm³/mol. The molecule has 0 bridgehead atoms. The van der Waals surface area contributed by atoms with E-state index < -0.39 is 0 Å². The number of carbonyl (C=O) groups excluding carboxylic acids is 1. The van der Waals surface area contributed by atoms with Gasteiger partial charge >= 0.3 is 0 Å². The van der Waals surface area contributed by atoms with Gasteiger partial charge in [0.05, 0.1) is 6.61 Å². The summed E-state index contributed by atoms with van der Waals surface area (Å²) in [4.78, 5) is 12.3. The Labute approximate surface area is 150 Å². The Morgan fingerprint density at radius 2 is 1.80 bits per heavy atom. The van der Waals surface area contributed by atoms with Gasteiger partial charge < -0.3 is 10.1 Å². The molecule has 2 aromatic rings. The van der Waals surface area contributed by atoms with Crippen molar-refractivity contribution in [3.05, 3.63) is 64.7 Å². The summed E-state index contributed by atoms with van der Waals surface area (Å²) in [5.41, 5.74) is 5.13. The van der Waals surface area contributed by atoms with Crippen molar-refractivity contribution in [2.24, 2.45) is 0 Å². The highest BCUT2D eigenvalue weighted by atomic mass is 16.5. The van der Waals surface area contributed by atoms with E-state index in [1.807, 2.05) is 38.1 Å². The summed E-state index contributed by atoms with van der Waals surface area (Å²) in [7, 11) is 0. The molecule has 0 fully saturated rings. The number of carbonyl (C=O) groups is 1. The lowest BCUT2D eigenvalue weighted by Gasteiger charge is -2.11. The van der Waals surface area contributed by atoms with Crippen LogP contribution >= 0.6 is 0 Å². The quantitative estimate of drug-likeness (QED) is 0.539. The molecule has 0 saturated carbocycles. The second kappa shape index (κ2) is 9.07. The van der Waals surface area contributed by atoms with E-state index in [4.69, 9.17) is 4.74 Å². The van der Waals surface area contributed by atoms with Gasteiger partial charge in [0, 0.05) is 17.3 Å². The van der Waals surface area contributed by atoms with Crippen LogP contribution in [0.3, 0.4) is 0 Å². The highest BCUT2D eigenvalue weighted by molar-refractivity contribution is 6.03. The number of ether oxygens (including phenoxy) is 1. The molecule has 0 radical (unpaired) electrons. The van der Waals surface area contributed by atoms with Crippen LogP contribution in [0.15, 0.2) is 42.5 Å². The zero-order chi connectivity index (χ0) is 18.2. The van der Waals surface area contributed by atoms with E-state index in [1.54, 1.807) is 12.2 Å². The first-order chi connectivity index (χ1) is 12.0. The number of para-hydroxylation sites is 1. The predicted octanol–water partition coefficient (Wildman–Crippen LogP) is 5.44. The minimum Gasteiger partial charge on any atom is -0.493 e. The van der Waals surface area contributed by atoms with Gasteiger partial charge in [0.15, 0.2) is 0 Å². The first-order valence-electron chi connectivity index (χ1n) is 8.80. The van der Waals surface area contributed by atoms with Crippen LogP contribution in [0.5, 0.6) is 5.75 Å². The molecule has 0 heterocycles. The van der Waals surface area contributed by atoms with Crippen molar-refractivity contribution in [1.82, 2.24) is 0 Å². The molecule has 0 aliphatic carbocycles. The fourth-order valence-electron chi connectivity index (χ4n) is 2.78. The summed E-state index contributed by atoms with van der Waals surface area (Å²) >= 11 is 0. The van der Waals surface area contributed by atoms with Crippen LogP contribution in [0, 0.1) is 20.8 Å². The Bertz CT molecular complexity index is 739. The summed E-state index contributed by atoms with van der Waals surface area (Å²) in [6.07, 6.45) is 5.47. The minimum absolute atomic E-state index is 0.140. The van der Waals surface area contributed by atoms with Crippen LogP contribution in [0.2, 0.25) is 0 Å². The molecule has 0 atom stereocenters. The fraction of sp³-hybridized carbons (Fsp3) is 0.318. The molecule has 25 heavy (non-hydrogen) atoms. The highest BCUT2D eigenvalue weighted by Crippen LogP contribution is 2.23. The molecule has 1 amide bonds. The molecule has 0 spiro atoms. The second-order valence-corrected chi connectivity index (χ2v) is 6.34. The van der Waals surface area contributed by atoms with Crippen molar-refractivity contribution in [1.29, 1.82) is 0 Å². The Hall–Kier alpha value is -2.55. The van der Waals surface area contributed by atoms with Crippen LogP contribution in [0.25, 0.3) is 6.08 Å². The van der Waals surface area contributed by atoms with Crippen molar-refractivity contribution in [2.45, 2.75) is 40.5 Å². The molecule has 1 N–H and O–H groups in total. The minimum atomic E-state index is -0.140. The molecule has 3 heteroatoms. The van der Waals surface area contributed by atoms with E-state index in [0.29, 0.717) is 6.61 Å². The molecule has 0 aliphatic rings. The highest BCUT2D eigenvalue weighted by Gasteiger charge is 2.07. The van der Waals surface area contributed by atoms with Gasteiger partial charge in [0.25, 0.3) is 0 Å². The van der Waals surface area contributed by atoms with Crippen molar-refractivity contribution < 1.29 is 9.53 Å². The topological polar surface area (TPSA) is 38.3 Å². The number of anilines is 1. The third-order valence-electron chi connectivity index (χ3n) is 4.01. The van der Waals surface area contributed by atoms with Crippen LogP contribution in [0.4, 0.5) is 5.69 Å². The van der Waals surface area contributed by atoms with Crippen molar-refractivity contribution in [2.75, 3.05) is 11.9 Å². The average Bonchev–Trinajstić information content (AvgIpc) is 2.57. The van der Waals surface area contributed by atoms with Crippen LogP contribution in [0.1, 0.15) is 42.0 Å². The number of unbranched alkanes of at least 4 members (excludes halogenated alkanes) is 1. The third-order valence-corrected chi connectivity index (χ3v) is 4.01. The number of hydrogen-bond acceptors (Lipinski definition) is 2. The zero-order valence-electron chi connectivity index (χ0n) is 15.6. The van der Waals surface area contributed by atoms with Crippen LogP contribution in [-0.4, -0.2) is 12.5 Å². The number of benzene rings is 2. The first-order valence-corrected chi connectivity index (χ1v) is 8.80. The fourth-order valence-corrected chi connectivity index (χ4v) is 2.78. The van der Waals surface area contributed by atoms with Gasteiger partial charge in [0.1, 0.15) is 5.75 Å². The normalized spacial score (nSPS) is 10.9. The average molecular weight is 337 g/mol. The van der Waals surface area contributed by atoms with Gasteiger partial charge in [-0.25, -0.2) is 0 Å². The van der Waals surface area contributed by atoms with Gasteiger partial charge in [-0.3, -0.25) is 4.79 Å². The SMILES string of the molecule is CCCCOc1ccccc1C=CC(=O)Nc1c(C)cc(C)cc1C. The summed E-state index contributed by atoms with van der Waals surface area (Å²) in [5.74, 6) is 0.668. The lowest BCUT2D eigenvalue weighted by Crippen LogP contribution is -2.10. The van der Waals surface area contributed by atoms with E-state index in [9.17, 15) is 4.79 Å². The Balaban J connectivity index is 2.08.